The summed E-state index contributed by atoms with van der Waals surface area (Å²) in [7, 11) is 0. The van der Waals surface area contributed by atoms with Gasteiger partial charge >= 0.3 is 5.69 Å². The van der Waals surface area contributed by atoms with Crippen LogP contribution in [0.25, 0.3) is 10.9 Å². The van der Waals surface area contributed by atoms with E-state index < -0.39 is 4.92 Å². The van der Waals surface area contributed by atoms with Crippen molar-refractivity contribution in [3.8, 4) is 0 Å². The second-order valence-corrected chi connectivity index (χ2v) is 5.94. The molecule has 3 rings (SSSR count). The quantitative estimate of drug-likeness (QED) is 0.486. The average Bonchev–Trinajstić information content (AvgIpc) is 2.66. The van der Waals surface area contributed by atoms with E-state index in [4.69, 9.17) is 4.74 Å². The molecular formula is C20H21N3O3. The molecule has 0 fully saturated rings. The SMILES string of the molecule is CCOC(CNc1c([N+](=O)[O-])cnc2ccccc12)Cc1ccccc1. The van der Waals surface area contributed by atoms with Gasteiger partial charge in [0.1, 0.15) is 11.9 Å². The van der Waals surface area contributed by atoms with E-state index in [1.54, 1.807) is 0 Å². The minimum absolute atomic E-state index is 0.0290. The van der Waals surface area contributed by atoms with Crippen LogP contribution in [0.3, 0.4) is 0 Å². The molecule has 1 N–H and O–H groups in total. The number of ether oxygens (including phenoxy) is 1. The summed E-state index contributed by atoms with van der Waals surface area (Å²) in [4.78, 5) is 15.2. The molecule has 134 valence electrons. The first kappa shape index (κ1) is 17.8. The van der Waals surface area contributed by atoms with Crippen LogP contribution in [-0.4, -0.2) is 29.2 Å². The monoisotopic (exact) mass is 351 g/mol. The molecule has 2 aromatic carbocycles. The van der Waals surface area contributed by atoms with Crippen LogP contribution in [0.4, 0.5) is 11.4 Å². The fraction of sp³-hybridized carbons (Fsp3) is 0.250. The highest BCUT2D eigenvalue weighted by atomic mass is 16.6. The first-order valence-electron chi connectivity index (χ1n) is 8.60. The highest BCUT2D eigenvalue weighted by Gasteiger charge is 2.19. The van der Waals surface area contributed by atoms with Gasteiger partial charge in [-0.1, -0.05) is 48.5 Å². The van der Waals surface area contributed by atoms with Gasteiger partial charge in [0.15, 0.2) is 0 Å². The van der Waals surface area contributed by atoms with E-state index in [0.717, 1.165) is 17.3 Å². The Morgan fingerprint density at radius 1 is 1.15 bits per heavy atom. The molecule has 1 atom stereocenters. The molecule has 6 heteroatoms. The molecule has 1 aromatic heterocycles. The molecule has 1 unspecified atom stereocenters. The number of aromatic nitrogens is 1. The number of hydrogen-bond donors (Lipinski definition) is 1. The zero-order valence-electron chi connectivity index (χ0n) is 14.6. The Kier molecular flexibility index (Phi) is 5.76. The van der Waals surface area contributed by atoms with Gasteiger partial charge < -0.3 is 10.1 Å². The topological polar surface area (TPSA) is 77.3 Å². The molecule has 0 saturated carbocycles. The van der Waals surface area contributed by atoms with E-state index in [0.29, 0.717) is 18.8 Å². The van der Waals surface area contributed by atoms with Gasteiger partial charge in [-0.25, -0.2) is 4.98 Å². The normalized spacial score (nSPS) is 12.0. The van der Waals surface area contributed by atoms with Crippen molar-refractivity contribution in [1.29, 1.82) is 0 Å². The smallest absolute Gasteiger partial charge is 0.311 e. The van der Waals surface area contributed by atoms with E-state index in [-0.39, 0.29) is 11.8 Å². The Labute approximate surface area is 152 Å². The third kappa shape index (κ3) is 4.15. The van der Waals surface area contributed by atoms with Crippen LogP contribution in [0.5, 0.6) is 0 Å². The maximum absolute atomic E-state index is 11.4. The van der Waals surface area contributed by atoms with Crippen LogP contribution in [-0.2, 0) is 11.2 Å². The van der Waals surface area contributed by atoms with Gasteiger partial charge in [-0.3, -0.25) is 10.1 Å². The Morgan fingerprint density at radius 2 is 1.88 bits per heavy atom. The van der Waals surface area contributed by atoms with E-state index in [2.05, 4.69) is 22.4 Å². The number of hydrogen-bond acceptors (Lipinski definition) is 5. The summed E-state index contributed by atoms with van der Waals surface area (Å²) in [6.07, 6.45) is 1.95. The molecule has 0 radical (unpaired) electrons. The summed E-state index contributed by atoms with van der Waals surface area (Å²) in [5.41, 5.74) is 2.34. The van der Waals surface area contributed by atoms with Gasteiger partial charge in [-0.15, -0.1) is 0 Å². The lowest BCUT2D eigenvalue weighted by molar-refractivity contribution is -0.384. The molecule has 0 aliphatic rings. The molecule has 6 nitrogen and oxygen atoms in total. The minimum Gasteiger partial charge on any atom is -0.376 e. The van der Waals surface area contributed by atoms with Gasteiger partial charge in [0.2, 0.25) is 0 Å². The molecule has 26 heavy (non-hydrogen) atoms. The highest BCUT2D eigenvalue weighted by molar-refractivity contribution is 5.95. The number of para-hydroxylation sites is 1. The first-order chi connectivity index (χ1) is 12.7. The summed E-state index contributed by atoms with van der Waals surface area (Å²) in [6, 6.07) is 17.5. The van der Waals surface area contributed by atoms with Crippen LogP contribution in [0.1, 0.15) is 12.5 Å². The van der Waals surface area contributed by atoms with Crippen LogP contribution in [0, 0.1) is 10.1 Å². The average molecular weight is 351 g/mol. The molecule has 0 saturated heterocycles. The van der Waals surface area contributed by atoms with Crippen LogP contribution in [0.15, 0.2) is 60.8 Å². The Bertz CT molecular complexity index is 884. The predicted molar refractivity (Wildman–Crippen MR) is 102 cm³/mol. The van der Waals surface area contributed by atoms with Crippen molar-refractivity contribution >= 4 is 22.3 Å². The number of nitrogens with one attached hydrogen (secondary N) is 1. The molecule has 3 aromatic rings. The summed E-state index contributed by atoms with van der Waals surface area (Å²) in [5.74, 6) is 0. The van der Waals surface area contributed by atoms with Crippen LogP contribution in [0.2, 0.25) is 0 Å². The summed E-state index contributed by atoms with van der Waals surface area (Å²) in [5, 5.41) is 15.4. The number of nitro groups is 1. The molecule has 1 heterocycles. The molecule has 0 amide bonds. The van der Waals surface area contributed by atoms with Crippen molar-refractivity contribution in [2.24, 2.45) is 0 Å². The lowest BCUT2D eigenvalue weighted by Gasteiger charge is -2.19. The highest BCUT2D eigenvalue weighted by Crippen LogP contribution is 2.31. The number of pyridine rings is 1. The minimum atomic E-state index is -0.408. The third-order valence-corrected chi connectivity index (χ3v) is 4.17. The zero-order valence-corrected chi connectivity index (χ0v) is 14.6. The van der Waals surface area contributed by atoms with Gasteiger partial charge in [0.25, 0.3) is 0 Å². The van der Waals surface area contributed by atoms with Crippen LogP contribution < -0.4 is 5.32 Å². The Balaban J connectivity index is 1.84. The second kappa shape index (κ2) is 8.40. The number of anilines is 1. The maximum Gasteiger partial charge on any atom is 0.311 e. The van der Waals surface area contributed by atoms with Gasteiger partial charge in [0.05, 0.1) is 16.5 Å². The standard InChI is InChI=1S/C20H21N3O3/c1-2-26-16(12-15-8-4-3-5-9-15)13-22-20-17-10-6-7-11-18(17)21-14-19(20)23(24)25/h3-11,14,16H,2,12-13H2,1H3,(H,21,22). The van der Waals surface area contributed by atoms with Gasteiger partial charge in [0, 0.05) is 25.0 Å². The fourth-order valence-corrected chi connectivity index (χ4v) is 2.97. The number of fused-ring (bicyclic) bond motifs is 1. The van der Waals surface area contributed by atoms with Crippen molar-refractivity contribution in [2.75, 3.05) is 18.5 Å². The third-order valence-electron chi connectivity index (χ3n) is 4.17. The van der Waals surface area contributed by atoms with Crippen molar-refractivity contribution in [3.63, 3.8) is 0 Å². The zero-order chi connectivity index (χ0) is 18.4. The molecule has 0 aliphatic carbocycles. The second-order valence-electron chi connectivity index (χ2n) is 5.94. The van der Waals surface area contributed by atoms with Crippen molar-refractivity contribution in [1.82, 2.24) is 4.98 Å². The first-order valence-corrected chi connectivity index (χ1v) is 8.60. The van der Waals surface area contributed by atoms with Crippen molar-refractivity contribution in [2.45, 2.75) is 19.4 Å². The lowest BCUT2D eigenvalue weighted by atomic mass is 10.1. The van der Waals surface area contributed by atoms with E-state index in [1.807, 2.05) is 49.4 Å². The van der Waals surface area contributed by atoms with E-state index in [9.17, 15) is 10.1 Å². The summed E-state index contributed by atoms with van der Waals surface area (Å²) in [6.45, 7) is 3.00. The largest absolute Gasteiger partial charge is 0.376 e. The van der Waals surface area contributed by atoms with E-state index in [1.165, 1.54) is 11.8 Å². The Hall–Kier alpha value is -2.99. The van der Waals surface area contributed by atoms with Crippen molar-refractivity contribution in [3.05, 3.63) is 76.5 Å². The predicted octanol–water partition coefficient (Wildman–Crippen LogP) is 4.20. The number of rotatable bonds is 8. The fourth-order valence-electron chi connectivity index (χ4n) is 2.97. The van der Waals surface area contributed by atoms with Gasteiger partial charge in [-0.05, 0) is 18.6 Å². The summed E-state index contributed by atoms with van der Waals surface area (Å²) < 4.78 is 5.83. The van der Waals surface area contributed by atoms with Crippen LogP contribution >= 0.6 is 0 Å². The molecular weight excluding hydrogens is 330 g/mol. The Morgan fingerprint density at radius 3 is 2.62 bits per heavy atom. The maximum atomic E-state index is 11.4. The number of benzene rings is 2. The summed E-state index contributed by atoms with van der Waals surface area (Å²) >= 11 is 0. The number of nitrogens with zero attached hydrogens (tertiary/aromatic N) is 2. The van der Waals surface area contributed by atoms with Crippen molar-refractivity contribution < 1.29 is 9.66 Å². The molecule has 0 aliphatic heterocycles. The lowest BCUT2D eigenvalue weighted by Crippen LogP contribution is -2.26. The van der Waals surface area contributed by atoms with E-state index >= 15 is 0 Å². The molecule has 0 spiro atoms. The van der Waals surface area contributed by atoms with Gasteiger partial charge in [-0.2, -0.15) is 0 Å². The molecule has 0 bridgehead atoms.